The molecule has 1 heterocycles. The predicted molar refractivity (Wildman–Crippen MR) is 112 cm³/mol. The molecule has 0 saturated heterocycles. The Balaban J connectivity index is 1.77. The summed E-state index contributed by atoms with van der Waals surface area (Å²) < 4.78 is 5.59. The van der Waals surface area contributed by atoms with Crippen molar-refractivity contribution in [2.45, 2.75) is 13.5 Å². The quantitative estimate of drug-likeness (QED) is 0.664. The number of ether oxygens (including phenoxy) is 1. The number of para-hydroxylation sites is 1. The number of nitriles is 1. The van der Waals surface area contributed by atoms with Gasteiger partial charge in [0.05, 0.1) is 30.3 Å². The highest BCUT2D eigenvalue weighted by Crippen LogP contribution is 2.30. The van der Waals surface area contributed by atoms with Gasteiger partial charge >= 0.3 is 0 Å². The van der Waals surface area contributed by atoms with Gasteiger partial charge in [0, 0.05) is 11.3 Å². The van der Waals surface area contributed by atoms with Crippen molar-refractivity contribution in [2.24, 2.45) is 4.99 Å². The third-order valence-corrected chi connectivity index (χ3v) is 4.78. The first-order valence-corrected chi connectivity index (χ1v) is 9.42. The van der Waals surface area contributed by atoms with Crippen LogP contribution < -0.4 is 9.64 Å². The van der Waals surface area contributed by atoms with Gasteiger partial charge in [0.15, 0.2) is 0 Å². The van der Waals surface area contributed by atoms with E-state index in [9.17, 15) is 4.79 Å². The van der Waals surface area contributed by atoms with Crippen LogP contribution in [0.5, 0.6) is 5.75 Å². The first-order valence-electron chi connectivity index (χ1n) is 9.42. The zero-order valence-corrected chi connectivity index (χ0v) is 16.0. The van der Waals surface area contributed by atoms with E-state index >= 15 is 0 Å². The molecule has 142 valence electrons. The number of carbonyl (C=O) groups excluding carboxylic acids is 1. The van der Waals surface area contributed by atoms with Gasteiger partial charge in [-0.1, -0.05) is 36.4 Å². The van der Waals surface area contributed by atoms with Gasteiger partial charge in [-0.2, -0.15) is 10.3 Å². The average Bonchev–Trinajstić information content (AvgIpc) is 3.13. The van der Waals surface area contributed by atoms with Gasteiger partial charge in [0.1, 0.15) is 11.6 Å². The molecule has 0 N–H and O–H groups in total. The van der Waals surface area contributed by atoms with Crippen LogP contribution in [-0.2, 0) is 6.54 Å². The van der Waals surface area contributed by atoms with Crippen LogP contribution in [0.2, 0.25) is 0 Å². The fourth-order valence-electron chi connectivity index (χ4n) is 3.40. The standard InChI is InChI=1S/C24H19N3O2/c1-2-29-22-10-6-5-9-21(22)24(28)26-23-20-8-4-3-7-18(20)16-27(23)19-13-11-17(15-25)12-14-19/h3-14H,2,16H2,1H3. The summed E-state index contributed by atoms with van der Waals surface area (Å²) in [7, 11) is 0. The molecular formula is C24H19N3O2. The van der Waals surface area contributed by atoms with Crippen molar-refractivity contribution in [3.63, 3.8) is 0 Å². The number of amidine groups is 1. The van der Waals surface area contributed by atoms with Crippen molar-refractivity contribution in [1.82, 2.24) is 0 Å². The molecule has 0 bridgehead atoms. The molecule has 5 heteroatoms. The highest BCUT2D eigenvalue weighted by molar-refractivity contribution is 6.19. The highest BCUT2D eigenvalue weighted by Gasteiger charge is 2.27. The van der Waals surface area contributed by atoms with Crippen molar-refractivity contribution < 1.29 is 9.53 Å². The summed E-state index contributed by atoms with van der Waals surface area (Å²) in [6.45, 7) is 2.97. The molecule has 5 nitrogen and oxygen atoms in total. The van der Waals surface area contributed by atoms with Crippen LogP contribution in [0.15, 0.2) is 77.8 Å². The van der Waals surface area contributed by atoms with Crippen molar-refractivity contribution >= 4 is 17.4 Å². The lowest BCUT2D eigenvalue weighted by molar-refractivity contribution is 0.0999. The van der Waals surface area contributed by atoms with E-state index in [1.54, 1.807) is 30.3 Å². The van der Waals surface area contributed by atoms with E-state index in [0.717, 1.165) is 16.8 Å². The summed E-state index contributed by atoms with van der Waals surface area (Å²) in [4.78, 5) is 19.5. The van der Waals surface area contributed by atoms with Gasteiger partial charge in [-0.15, -0.1) is 0 Å². The zero-order chi connectivity index (χ0) is 20.2. The molecule has 1 aliphatic heterocycles. The second-order valence-electron chi connectivity index (χ2n) is 6.57. The minimum absolute atomic E-state index is 0.348. The molecule has 4 rings (SSSR count). The molecule has 0 radical (unpaired) electrons. The molecule has 29 heavy (non-hydrogen) atoms. The summed E-state index contributed by atoms with van der Waals surface area (Å²) in [5, 5.41) is 9.06. The summed E-state index contributed by atoms with van der Waals surface area (Å²) in [6, 6.07) is 24.5. The predicted octanol–water partition coefficient (Wildman–Crippen LogP) is 4.56. The molecule has 1 aliphatic rings. The lowest BCUT2D eigenvalue weighted by Gasteiger charge is -2.19. The molecule has 0 aliphatic carbocycles. The molecule has 0 atom stereocenters. The smallest absolute Gasteiger partial charge is 0.282 e. The zero-order valence-electron chi connectivity index (χ0n) is 16.0. The van der Waals surface area contributed by atoms with Gasteiger partial charge in [-0.05, 0) is 48.9 Å². The lowest BCUT2D eigenvalue weighted by atomic mass is 10.1. The SMILES string of the molecule is CCOc1ccccc1C(=O)N=C1c2ccccc2CN1c1ccc(C#N)cc1. The van der Waals surface area contributed by atoms with Crippen LogP contribution in [-0.4, -0.2) is 18.3 Å². The van der Waals surface area contributed by atoms with Crippen LogP contribution in [0.1, 0.15) is 34.0 Å². The fourth-order valence-corrected chi connectivity index (χ4v) is 3.40. The first kappa shape index (κ1) is 18.5. The minimum Gasteiger partial charge on any atom is -0.493 e. The normalized spacial score (nSPS) is 13.8. The Morgan fingerprint density at radius 2 is 1.79 bits per heavy atom. The van der Waals surface area contributed by atoms with E-state index in [4.69, 9.17) is 10.00 Å². The third kappa shape index (κ3) is 3.61. The van der Waals surface area contributed by atoms with Crippen LogP contribution in [0.4, 0.5) is 5.69 Å². The Kier molecular flexibility index (Phi) is 5.08. The van der Waals surface area contributed by atoms with Crippen molar-refractivity contribution in [2.75, 3.05) is 11.5 Å². The molecule has 3 aromatic rings. The summed E-state index contributed by atoms with van der Waals surface area (Å²) >= 11 is 0. The van der Waals surface area contributed by atoms with Crippen LogP contribution in [0.3, 0.4) is 0 Å². The summed E-state index contributed by atoms with van der Waals surface area (Å²) in [6.07, 6.45) is 0. The van der Waals surface area contributed by atoms with E-state index < -0.39 is 0 Å². The Labute approximate surface area is 169 Å². The number of hydrogen-bond donors (Lipinski definition) is 0. The Bertz CT molecular complexity index is 1130. The maximum absolute atomic E-state index is 13.0. The first-order chi connectivity index (χ1) is 14.2. The molecule has 3 aromatic carbocycles. The Morgan fingerprint density at radius 3 is 2.55 bits per heavy atom. The maximum atomic E-state index is 13.0. The van der Waals surface area contributed by atoms with Crippen molar-refractivity contribution in [1.29, 1.82) is 5.26 Å². The largest absolute Gasteiger partial charge is 0.493 e. The number of benzene rings is 3. The number of amides is 1. The number of rotatable bonds is 4. The Hall–Kier alpha value is -3.91. The number of anilines is 1. The van der Waals surface area contributed by atoms with E-state index in [-0.39, 0.29) is 5.91 Å². The van der Waals surface area contributed by atoms with Gasteiger partial charge in [0.25, 0.3) is 5.91 Å². The number of carbonyl (C=O) groups is 1. The molecule has 0 unspecified atom stereocenters. The molecule has 0 spiro atoms. The molecule has 1 amide bonds. The van der Waals surface area contributed by atoms with Crippen LogP contribution in [0.25, 0.3) is 0 Å². The van der Waals surface area contributed by atoms with Crippen molar-refractivity contribution in [3.05, 3.63) is 95.1 Å². The third-order valence-electron chi connectivity index (χ3n) is 4.78. The highest BCUT2D eigenvalue weighted by atomic mass is 16.5. The van der Waals surface area contributed by atoms with Gasteiger partial charge in [-0.3, -0.25) is 4.79 Å². The fraction of sp³-hybridized carbons (Fsp3) is 0.125. The second-order valence-corrected chi connectivity index (χ2v) is 6.57. The second kappa shape index (κ2) is 7.99. The summed E-state index contributed by atoms with van der Waals surface area (Å²) in [5.41, 5.74) is 3.93. The van der Waals surface area contributed by atoms with E-state index in [1.807, 2.05) is 54.3 Å². The van der Waals surface area contributed by atoms with E-state index in [0.29, 0.717) is 35.9 Å². The monoisotopic (exact) mass is 381 g/mol. The van der Waals surface area contributed by atoms with Gasteiger partial charge in [0.2, 0.25) is 0 Å². The number of hydrogen-bond acceptors (Lipinski definition) is 3. The molecule has 0 fully saturated rings. The van der Waals surface area contributed by atoms with Crippen LogP contribution >= 0.6 is 0 Å². The van der Waals surface area contributed by atoms with Gasteiger partial charge < -0.3 is 9.64 Å². The molecular weight excluding hydrogens is 362 g/mol. The number of fused-ring (bicyclic) bond motifs is 1. The van der Waals surface area contributed by atoms with Gasteiger partial charge in [-0.25, -0.2) is 0 Å². The van der Waals surface area contributed by atoms with Crippen molar-refractivity contribution in [3.8, 4) is 11.8 Å². The Morgan fingerprint density at radius 1 is 1.07 bits per heavy atom. The summed E-state index contributed by atoms with van der Waals surface area (Å²) in [5.74, 6) is 0.779. The number of nitrogens with zero attached hydrogens (tertiary/aromatic N) is 3. The maximum Gasteiger partial charge on any atom is 0.282 e. The minimum atomic E-state index is -0.348. The lowest BCUT2D eigenvalue weighted by Crippen LogP contribution is -2.25. The topological polar surface area (TPSA) is 65.7 Å². The average molecular weight is 381 g/mol. The van der Waals surface area contributed by atoms with Crippen LogP contribution in [0, 0.1) is 11.3 Å². The molecule has 0 saturated carbocycles. The van der Waals surface area contributed by atoms with E-state index in [1.165, 1.54) is 0 Å². The molecule has 0 aromatic heterocycles. The van der Waals surface area contributed by atoms with E-state index in [2.05, 4.69) is 11.1 Å². The number of aliphatic imine (C=N–C) groups is 1.